The van der Waals surface area contributed by atoms with Crippen LogP contribution in [0.25, 0.3) is 0 Å². The molecule has 0 spiro atoms. The molecular weight excluding hydrogens is 561 g/mol. The van der Waals surface area contributed by atoms with Crippen LogP contribution in [0.5, 0.6) is 0 Å². The molecule has 218 valence electrons. The van der Waals surface area contributed by atoms with Gasteiger partial charge in [-0.05, 0) is 39.0 Å². The average Bonchev–Trinajstić information content (AvgIpc) is 3.35. The molecule has 1 heterocycles. The Bertz CT molecular complexity index is 957. The van der Waals surface area contributed by atoms with E-state index in [1.54, 1.807) is 50.6 Å². The third kappa shape index (κ3) is 12.9. The second-order valence-corrected chi connectivity index (χ2v) is 14.0. The monoisotopic (exact) mass is 600 g/mol. The molecule has 10 nitrogen and oxygen atoms in total. The lowest BCUT2D eigenvalue weighted by atomic mass is 10.0. The van der Waals surface area contributed by atoms with Crippen LogP contribution < -0.4 is 21.7 Å². The number of aliphatic hydroxyl groups excluding tert-OH is 1. The van der Waals surface area contributed by atoms with Crippen molar-refractivity contribution in [3.63, 3.8) is 0 Å². The summed E-state index contributed by atoms with van der Waals surface area (Å²) in [5.41, 5.74) is 6.12. The van der Waals surface area contributed by atoms with E-state index in [4.69, 9.17) is 10.5 Å². The summed E-state index contributed by atoms with van der Waals surface area (Å²) < 4.78 is 5.60. The van der Waals surface area contributed by atoms with Crippen LogP contribution in [0.4, 0.5) is 4.79 Å². The zero-order valence-corrected chi connectivity index (χ0v) is 25.3. The maximum atomic E-state index is 13.2. The Kier molecular flexibility index (Phi) is 14.0. The molecule has 13 heteroatoms. The number of ether oxygens (including phenoxy) is 1. The minimum atomic E-state index is -1.10. The lowest BCUT2D eigenvalue weighted by molar-refractivity contribution is -0.135. The number of thioether (sulfide) groups is 3. The first kappa shape index (κ1) is 33.3. The summed E-state index contributed by atoms with van der Waals surface area (Å²) in [6.45, 7) is 5.14. The van der Waals surface area contributed by atoms with Crippen molar-refractivity contribution < 1.29 is 29.0 Å². The van der Waals surface area contributed by atoms with Gasteiger partial charge in [0.2, 0.25) is 17.7 Å². The van der Waals surface area contributed by atoms with Gasteiger partial charge in [-0.3, -0.25) is 19.7 Å². The van der Waals surface area contributed by atoms with Crippen molar-refractivity contribution in [1.29, 1.82) is 0 Å². The predicted octanol–water partition coefficient (Wildman–Crippen LogP) is 1.89. The van der Waals surface area contributed by atoms with Crippen LogP contribution in [0.2, 0.25) is 0 Å². The molecule has 1 aromatic carbocycles. The van der Waals surface area contributed by atoms with Gasteiger partial charge in [-0.15, -0.1) is 23.5 Å². The summed E-state index contributed by atoms with van der Waals surface area (Å²) in [7, 11) is 0. The third-order valence-corrected chi connectivity index (χ3v) is 9.31. The van der Waals surface area contributed by atoms with Crippen LogP contribution in [0, 0.1) is 0 Å². The van der Waals surface area contributed by atoms with Crippen LogP contribution >= 0.6 is 35.3 Å². The molecule has 1 fully saturated rings. The van der Waals surface area contributed by atoms with Gasteiger partial charge in [-0.2, -0.15) is 11.8 Å². The number of nitrogens with one attached hydrogen (secondary N) is 3. The van der Waals surface area contributed by atoms with Crippen molar-refractivity contribution in [3.05, 3.63) is 35.9 Å². The molecule has 1 aromatic rings. The van der Waals surface area contributed by atoms with Gasteiger partial charge >= 0.3 is 6.09 Å². The number of amides is 4. The Morgan fingerprint density at radius 3 is 2.31 bits per heavy atom. The number of benzene rings is 1. The van der Waals surface area contributed by atoms with E-state index in [1.165, 1.54) is 11.8 Å². The van der Waals surface area contributed by atoms with Gasteiger partial charge in [0.25, 0.3) is 0 Å². The van der Waals surface area contributed by atoms with Crippen molar-refractivity contribution in [1.82, 2.24) is 16.0 Å². The zero-order valence-electron chi connectivity index (χ0n) is 22.8. The maximum absolute atomic E-state index is 13.2. The molecular formula is C26H40N4O6S3. The molecule has 2 unspecified atom stereocenters. The van der Waals surface area contributed by atoms with E-state index in [0.29, 0.717) is 11.0 Å². The highest BCUT2D eigenvalue weighted by Crippen LogP contribution is 2.35. The normalized spacial score (nSPS) is 17.0. The highest BCUT2D eigenvalue weighted by atomic mass is 32.2. The van der Waals surface area contributed by atoms with Gasteiger partial charge in [0.15, 0.2) is 0 Å². The molecule has 0 saturated carbocycles. The zero-order chi connectivity index (χ0) is 29.0. The number of imide groups is 1. The molecule has 1 aliphatic rings. The molecule has 0 aliphatic carbocycles. The van der Waals surface area contributed by atoms with Crippen molar-refractivity contribution in [2.75, 3.05) is 23.5 Å². The molecule has 4 amide bonds. The van der Waals surface area contributed by atoms with Crippen LogP contribution in [0.3, 0.4) is 0 Å². The van der Waals surface area contributed by atoms with Crippen LogP contribution in [-0.2, 0) is 25.5 Å². The second-order valence-electron chi connectivity index (χ2n) is 10.2. The van der Waals surface area contributed by atoms with Gasteiger partial charge in [-0.25, -0.2) is 4.79 Å². The SMILES string of the molecule is CSC[C@H](NC(=O)[C@H](Cc1ccccc1)NC(=O)OC(C)(C)C)C(=O)NC(=O)CC(O)C(N)CC1SCCS1. The van der Waals surface area contributed by atoms with Gasteiger partial charge < -0.3 is 26.2 Å². The second kappa shape index (κ2) is 16.4. The van der Waals surface area contributed by atoms with Gasteiger partial charge in [0.1, 0.15) is 17.7 Å². The third-order valence-electron chi connectivity index (χ3n) is 5.56. The van der Waals surface area contributed by atoms with Crippen LogP contribution in [-0.4, -0.2) is 86.8 Å². The van der Waals surface area contributed by atoms with E-state index < -0.39 is 53.6 Å². The number of hydrogen-bond donors (Lipinski definition) is 5. The summed E-state index contributed by atoms with van der Waals surface area (Å²) in [5, 5.41) is 17.9. The number of carbonyl (C=O) groups excluding carboxylic acids is 4. The predicted molar refractivity (Wildman–Crippen MR) is 159 cm³/mol. The van der Waals surface area contributed by atoms with Crippen molar-refractivity contribution in [3.8, 4) is 0 Å². The largest absolute Gasteiger partial charge is 0.444 e. The Morgan fingerprint density at radius 2 is 1.72 bits per heavy atom. The highest BCUT2D eigenvalue weighted by molar-refractivity contribution is 8.20. The van der Waals surface area contributed by atoms with E-state index in [-0.39, 0.29) is 18.6 Å². The molecule has 39 heavy (non-hydrogen) atoms. The lowest BCUT2D eigenvalue weighted by Gasteiger charge is -2.25. The van der Waals surface area contributed by atoms with E-state index in [2.05, 4.69) is 16.0 Å². The van der Waals surface area contributed by atoms with Crippen molar-refractivity contribution in [2.45, 2.75) is 74.4 Å². The fourth-order valence-electron chi connectivity index (χ4n) is 3.67. The highest BCUT2D eigenvalue weighted by Gasteiger charge is 2.30. The minimum Gasteiger partial charge on any atom is -0.444 e. The molecule has 4 atom stereocenters. The van der Waals surface area contributed by atoms with E-state index in [1.807, 2.05) is 30.3 Å². The summed E-state index contributed by atoms with van der Waals surface area (Å²) in [6, 6.07) is 6.45. The average molecular weight is 601 g/mol. The Balaban J connectivity index is 2.00. The van der Waals surface area contributed by atoms with Gasteiger partial charge in [0, 0.05) is 29.7 Å². The molecule has 0 radical (unpaired) electrons. The van der Waals surface area contributed by atoms with Crippen molar-refractivity contribution >= 4 is 59.1 Å². The first-order valence-electron chi connectivity index (χ1n) is 12.7. The van der Waals surface area contributed by atoms with E-state index in [9.17, 15) is 24.3 Å². The summed E-state index contributed by atoms with van der Waals surface area (Å²) in [6.07, 6.45) is 0.305. The van der Waals surface area contributed by atoms with E-state index in [0.717, 1.165) is 17.1 Å². The topological polar surface area (TPSA) is 160 Å². The van der Waals surface area contributed by atoms with Crippen molar-refractivity contribution in [2.24, 2.45) is 5.73 Å². The number of carbonyl (C=O) groups is 4. The fraction of sp³-hybridized carbons (Fsp3) is 0.615. The summed E-state index contributed by atoms with van der Waals surface area (Å²) in [5.74, 6) is 0.279. The number of nitrogens with two attached hydrogens (primary N) is 1. The number of hydrogen-bond acceptors (Lipinski definition) is 10. The van der Waals surface area contributed by atoms with Crippen LogP contribution in [0.15, 0.2) is 30.3 Å². The quantitative estimate of drug-likeness (QED) is 0.226. The molecule has 2 rings (SSSR count). The molecule has 6 N–H and O–H groups in total. The van der Waals surface area contributed by atoms with Gasteiger partial charge in [0.05, 0.1) is 17.1 Å². The molecule has 1 saturated heterocycles. The Hall–Kier alpha value is -1.93. The molecule has 0 aromatic heterocycles. The lowest BCUT2D eigenvalue weighted by Crippen LogP contribution is -2.56. The smallest absolute Gasteiger partial charge is 0.408 e. The number of alkyl carbamates (subject to hydrolysis) is 1. The molecule has 1 aliphatic heterocycles. The van der Waals surface area contributed by atoms with Gasteiger partial charge in [-0.1, -0.05) is 30.3 Å². The summed E-state index contributed by atoms with van der Waals surface area (Å²) in [4.78, 5) is 51.1. The minimum absolute atomic E-state index is 0.167. The maximum Gasteiger partial charge on any atom is 0.408 e. The number of aliphatic hydroxyl groups is 1. The Morgan fingerprint density at radius 1 is 1.08 bits per heavy atom. The summed E-state index contributed by atoms with van der Waals surface area (Å²) >= 11 is 4.87. The molecule has 0 bridgehead atoms. The van der Waals surface area contributed by atoms with E-state index >= 15 is 0 Å². The first-order valence-corrected chi connectivity index (χ1v) is 16.2. The fourth-order valence-corrected chi connectivity index (χ4v) is 7.21. The van der Waals surface area contributed by atoms with Crippen LogP contribution in [0.1, 0.15) is 39.2 Å². The number of rotatable bonds is 13. The standard InChI is InChI=1S/C26H40N4O6S3/c1-26(2,3)36-25(35)29-18(12-16-8-6-5-7-9-16)23(33)28-19(15-37-4)24(34)30-21(32)14-20(31)17(27)13-22-38-10-11-39-22/h5-9,17-20,22,31H,10-15,27H2,1-4H3,(H,28,33)(H,29,35)(H,30,32,34)/t17?,18-,19-,20?/m0/s1. The first-order chi connectivity index (χ1) is 18.4. The Labute approximate surface area is 243 Å².